The van der Waals surface area contributed by atoms with Crippen LogP contribution in [0.1, 0.15) is 48.9 Å². The van der Waals surface area contributed by atoms with Crippen molar-refractivity contribution in [2.24, 2.45) is 11.7 Å². The molecule has 1 amide bonds. The first-order valence-corrected chi connectivity index (χ1v) is 7.66. The van der Waals surface area contributed by atoms with Gasteiger partial charge in [0, 0.05) is 19.5 Å². The molecule has 0 fully saturated rings. The molecule has 1 rings (SSSR count). The second-order valence-corrected chi connectivity index (χ2v) is 6.09. The van der Waals surface area contributed by atoms with Crippen LogP contribution < -0.4 is 5.73 Å². The molecule has 0 aliphatic rings. The average molecular weight is 308 g/mol. The van der Waals surface area contributed by atoms with Gasteiger partial charge in [-0.3, -0.25) is 4.79 Å². The van der Waals surface area contributed by atoms with E-state index in [0.717, 1.165) is 11.4 Å². The normalized spacial score (nSPS) is 10.7. The van der Waals surface area contributed by atoms with Crippen LogP contribution in [0.15, 0.2) is 6.07 Å². The zero-order valence-corrected chi connectivity index (χ0v) is 14.0. The molecule has 0 spiro atoms. The molecule has 1 heterocycles. The summed E-state index contributed by atoms with van der Waals surface area (Å²) >= 11 is 4.92. The summed E-state index contributed by atoms with van der Waals surface area (Å²) < 4.78 is 0. The molecule has 0 unspecified atom stereocenters. The summed E-state index contributed by atoms with van der Waals surface area (Å²) in [7, 11) is 0. The van der Waals surface area contributed by atoms with Gasteiger partial charge < -0.3 is 10.6 Å². The first-order chi connectivity index (χ1) is 9.85. The summed E-state index contributed by atoms with van der Waals surface area (Å²) in [6, 6.07) is 1.81. The molecular formula is C15H24N4OS. The quantitative estimate of drug-likeness (QED) is 0.781. The summed E-state index contributed by atoms with van der Waals surface area (Å²) in [5, 5.41) is 8.15. The summed E-state index contributed by atoms with van der Waals surface area (Å²) in [5.41, 5.74) is 7.67. The summed E-state index contributed by atoms with van der Waals surface area (Å²) in [6.07, 6.45) is 1.21. The van der Waals surface area contributed by atoms with Crippen molar-refractivity contribution in [3.63, 3.8) is 0 Å². The van der Waals surface area contributed by atoms with Crippen LogP contribution in [0.25, 0.3) is 0 Å². The van der Waals surface area contributed by atoms with E-state index in [1.54, 1.807) is 4.90 Å². The third-order valence-corrected chi connectivity index (χ3v) is 3.26. The van der Waals surface area contributed by atoms with Gasteiger partial charge in [0.05, 0.1) is 21.9 Å². The Labute approximate surface area is 131 Å². The predicted molar refractivity (Wildman–Crippen MR) is 88.3 cm³/mol. The standard InChI is InChI=1S/C15H24N4OS/c1-5-13-12(8-11(4)17-18-13)15(20)19(9-10(2)3)7-6-14(16)21/h8,10H,5-7,9H2,1-4H3,(H2,16,21). The number of aromatic nitrogens is 2. The highest BCUT2D eigenvalue weighted by molar-refractivity contribution is 7.80. The van der Waals surface area contributed by atoms with Crippen LogP contribution in [0, 0.1) is 12.8 Å². The second-order valence-electron chi connectivity index (χ2n) is 5.56. The zero-order valence-electron chi connectivity index (χ0n) is 13.2. The van der Waals surface area contributed by atoms with E-state index in [9.17, 15) is 4.79 Å². The highest BCUT2D eigenvalue weighted by atomic mass is 32.1. The Balaban J connectivity index is 3.03. The molecule has 116 valence electrons. The lowest BCUT2D eigenvalue weighted by Gasteiger charge is -2.25. The van der Waals surface area contributed by atoms with Crippen molar-refractivity contribution in [1.29, 1.82) is 0 Å². The van der Waals surface area contributed by atoms with Gasteiger partial charge in [-0.25, -0.2) is 0 Å². The Morgan fingerprint density at radius 2 is 2.10 bits per heavy atom. The van der Waals surface area contributed by atoms with E-state index in [1.165, 1.54) is 0 Å². The van der Waals surface area contributed by atoms with Crippen LogP contribution in [0.5, 0.6) is 0 Å². The third-order valence-electron chi connectivity index (χ3n) is 3.06. The van der Waals surface area contributed by atoms with E-state index in [4.69, 9.17) is 18.0 Å². The van der Waals surface area contributed by atoms with Crippen LogP contribution in [0.2, 0.25) is 0 Å². The molecule has 21 heavy (non-hydrogen) atoms. The van der Waals surface area contributed by atoms with Crippen LogP contribution in [0.3, 0.4) is 0 Å². The third kappa shape index (κ3) is 5.38. The molecule has 0 radical (unpaired) electrons. The van der Waals surface area contributed by atoms with Crippen molar-refractivity contribution in [3.8, 4) is 0 Å². The molecule has 1 aromatic heterocycles. The van der Waals surface area contributed by atoms with Gasteiger partial charge in [0.25, 0.3) is 5.91 Å². The van der Waals surface area contributed by atoms with Crippen LogP contribution >= 0.6 is 12.2 Å². The summed E-state index contributed by atoms with van der Waals surface area (Å²) in [5.74, 6) is 0.357. The van der Waals surface area contributed by atoms with E-state index in [2.05, 4.69) is 24.0 Å². The number of hydrogen-bond acceptors (Lipinski definition) is 4. The van der Waals surface area contributed by atoms with Gasteiger partial charge in [0.2, 0.25) is 0 Å². The van der Waals surface area contributed by atoms with Crippen molar-refractivity contribution in [2.75, 3.05) is 13.1 Å². The number of nitrogens with zero attached hydrogens (tertiary/aromatic N) is 3. The highest BCUT2D eigenvalue weighted by Gasteiger charge is 2.20. The van der Waals surface area contributed by atoms with Gasteiger partial charge in [-0.15, -0.1) is 0 Å². The van der Waals surface area contributed by atoms with Gasteiger partial charge in [-0.1, -0.05) is 33.0 Å². The Morgan fingerprint density at radius 3 is 2.62 bits per heavy atom. The van der Waals surface area contributed by atoms with E-state index in [0.29, 0.717) is 42.4 Å². The Morgan fingerprint density at radius 1 is 1.43 bits per heavy atom. The van der Waals surface area contributed by atoms with Crippen LogP contribution in [-0.4, -0.2) is 39.1 Å². The maximum Gasteiger partial charge on any atom is 0.255 e. The zero-order chi connectivity index (χ0) is 16.0. The minimum atomic E-state index is -0.0187. The van der Waals surface area contributed by atoms with Crippen molar-refractivity contribution < 1.29 is 4.79 Å². The Hall–Kier alpha value is -1.56. The molecule has 2 N–H and O–H groups in total. The molecule has 0 bridgehead atoms. The summed E-state index contributed by atoms with van der Waals surface area (Å²) in [4.78, 5) is 15.0. The monoisotopic (exact) mass is 308 g/mol. The van der Waals surface area contributed by atoms with E-state index >= 15 is 0 Å². The molecule has 6 heteroatoms. The number of amides is 1. The molecule has 0 saturated carbocycles. The number of carbonyl (C=O) groups is 1. The van der Waals surface area contributed by atoms with E-state index < -0.39 is 0 Å². The van der Waals surface area contributed by atoms with Crippen LogP contribution in [0.4, 0.5) is 0 Å². The fourth-order valence-corrected chi connectivity index (χ4v) is 2.18. The van der Waals surface area contributed by atoms with E-state index in [1.807, 2.05) is 19.9 Å². The second kappa shape index (κ2) is 8.02. The number of nitrogens with two attached hydrogens (primary N) is 1. The fraction of sp³-hybridized carbons (Fsp3) is 0.600. The molecule has 0 aliphatic carbocycles. The number of hydrogen-bond donors (Lipinski definition) is 1. The minimum Gasteiger partial charge on any atom is -0.393 e. The van der Waals surface area contributed by atoms with Crippen molar-refractivity contribution in [2.45, 2.75) is 40.5 Å². The first kappa shape index (κ1) is 17.5. The molecule has 0 aromatic carbocycles. The summed E-state index contributed by atoms with van der Waals surface area (Å²) in [6.45, 7) is 9.18. The molecule has 1 aromatic rings. The smallest absolute Gasteiger partial charge is 0.255 e. The van der Waals surface area contributed by atoms with Gasteiger partial charge in [-0.05, 0) is 25.3 Å². The number of rotatable bonds is 7. The van der Waals surface area contributed by atoms with Gasteiger partial charge in [0.1, 0.15) is 0 Å². The number of thiocarbonyl (C=S) groups is 1. The maximum absolute atomic E-state index is 12.8. The lowest BCUT2D eigenvalue weighted by molar-refractivity contribution is 0.0739. The largest absolute Gasteiger partial charge is 0.393 e. The SMILES string of the molecule is CCc1nnc(C)cc1C(=O)N(CCC(N)=S)CC(C)C. The lowest BCUT2D eigenvalue weighted by Crippen LogP contribution is -2.37. The fourth-order valence-electron chi connectivity index (χ4n) is 2.09. The Kier molecular flexibility index (Phi) is 6.68. The molecule has 0 aliphatic heterocycles. The van der Waals surface area contributed by atoms with Gasteiger partial charge in [0.15, 0.2) is 0 Å². The number of aryl methyl sites for hydroxylation is 2. The number of carbonyl (C=O) groups excluding carboxylic acids is 1. The van der Waals surface area contributed by atoms with Crippen molar-refractivity contribution in [1.82, 2.24) is 15.1 Å². The highest BCUT2D eigenvalue weighted by Crippen LogP contribution is 2.13. The maximum atomic E-state index is 12.8. The van der Waals surface area contributed by atoms with Gasteiger partial charge in [-0.2, -0.15) is 10.2 Å². The lowest BCUT2D eigenvalue weighted by atomic mass is 10.1. The minimum absolute atomic E-state index is 0.0187. The molecule has 0 saturated heterocycles. The van der Waals surface area contributed by atoms with Crippen LogP contribution in [-0.2, 0) is 6.42 Å². The molecular weight excluding hydrogens is 284 g/mol. The molecule has 5 nitrogen and oxygen atoms in total. The topological polar surface area (TPSA) is 72.1 Å². The molecule has 0 atom stereocenters. The van der Waals surface area contributed by atoms with Gasteiger partial charge >= 0.3 is 0 Å². The van der Waals surface area contributed by atoms with Crippen molar-refractivity contribution in [3.05, 3.63) is 23.0 Å². The average Bonchev–Trinajstić information content (AvgIpc) is 2.42. The predicted octanol–water partition coefficient (Wildman–Crippen LogP) is 2.12. The van der Waals surface area contributed by atoms with Crippen molar-refractivity contribution >= 4 is 23.1 Å². The van der Waals surface area contributed by atoms with E-state index in [-0.39, 0.29) is 5.91 Å². The first-order valence-electron chi connectivity index (χ1n) is 7.25. The Bertz CT molecular complexity index is 516.